The summed E-state index contributed by atoms with van der Waals surface area (Å²) in [6, 6.07) is 12.1. The number of sulfonamides is 1. The number of likely N-dealkylation sites (N-methyl/N-ethyl adjacent to an activating group) is 1. The van der Waals surface area contributed by atoms with Crippen molar-refractivity contribution in [2.45, 2.75) is 39.3 Å². The normalized spacial score (nSPS) is 13.6. The predicted octanol–water partition coefficient (Wildman–Crippen LogP) is 2.48. The van der Waals surface area contributed by atoms with Gasteiger partial charge in [0.05, 0.1) is 11.9 Å². The third kappa shape index (κ3) is 6.88. The molecule has 0 saturated carbocycles. The first-order valence-corrected chi connectivity index (χ1v) is 13.4. The number of nitrogens with one attached hydrogen (secondary N) is 1. The molecule has 1 aliphatic rings. The highest BCUT2D eigenvalue weighted by atomic mass is 32.2. The number of aryl methyl sites for hydroxylation is 1. The SMILES string of the molecule is CNC(=O)[C@@H](C)N(Cc1cccc(C)c1)C(=O)CCCN(c1ccc2c(c1)OCCO2)S(C)(=O)=O. The van der Waals surface area contributed by atoms with Crippen molar-refractivity contribution in [3.05, 3.63) is 53.6 Å². The molecule has 0 fully saturated rings. The Bertz CT molecular complexity index is 1170. The third-order valence-corrected chi connectivity index (χ3v) is 7.01. The second-order valence-electron chi connectivity index (χ2n) is 8.57. The number of anilines is 1. The predicted molar refractivity (Wildman–Crippen MR) is 134 cm³/mol. The molecule has 2 aromatic rings. The number of ether oxygens (including phenoxy) is 2. The summed E-state index contributed by atoms with van der Waals surface area (Å²) in [5.74, 6) is 0.569. The Hall–Kier alpha value is -3.27. The van der Waals surface area contributed by atoms with Gasteiger partial charge in [-0.15, -0.1) is 0 Å². The lowest BCUT2D eigenvalue weighted by Crippen LogP contribution is -2.46. The van der Waals surface area contributed by atoms with Crippen LogP contribution in [0.1, 0.15) is 30.9 Å². The molecule has 1 aliphatic heterocycles. The van der Waals surface area contributed by atoms with E-state index in [-0.39, 0.29) is 37.7 Å². The van der Waals surface area contributed by atoms with Gasteiger partial charge in [-0.3, -0.25) is 13.9 Å². The summed E-state index contributed by atoms with van der Waals surface area (Å²) in [5, 5.41) is 2.60. The van der Waals surface area contributed by atoms with Crippen LogP contribution < -0.4 is 19.1 Å². The van der Waals surface area contributed by atoms with Crippen molar-refractivity contribution < 1.29 is 27.5 Å². The van der Waals surface area contributed by atoms with Gasteiger partial charge in [0.25, 0.3) is 0 Å². The minimum absolute atomic E-state index is 0.0870. The van der Waals surface area contributed by atoms with E-state index in [1.54, 1.807) is 25.1 Å². The first-order chi connectivity index (χ1) is 16.6. The molecular weight excluding hydrogens is 470 g/mol. The highest BCUT2D eigenvalue weighted by Gasteiger charge is 2.26. The van der Waals surface area contributed by atoms with Gasteiger partial charge in [-0.2, -0.15) is 0 Å². The number of carbonyl (C=O) groups excluding carboxylic acids is 2. The van der Waals surface area contributed by atoms with Crippen LogP contribution in [0.3, 0.4) is 0 Å². The molecule has 190 valence electrons. The van der Waals surface area contributed by atoms with Crippen LogP contribution in [0.4, 0.5) is 5.69 Å². The van der Waals surface area contributed by atoms with Crippen molar-refractivity contribution in [2.75, 3.05) is 37.4 Å². The molecule has 1 heterocycles. The van der Waals surface area contributed by atoms with E-state index in [2.05, 4.69) is 5.32 Å². The van der Waals surface area contributed by atoms with Gasteiger partial charge in [0, 0.05) is 32.6 Å². The Morgan fingerprint density at radius 2 is 1.80 bits per heavy atom. The van der Waals surface area contributed by atoms with E-state index in [1.165, 1.54) is 16.3 Å². The molecule has 9 nitrogen and oxygen atoms in total. The summed E-state index contributed by atoms with van der Waals surface area (Å²) in [7, 11) is -2.07. The van der Waals surface area contributed by atoms with E-state index in [0.29, 0.717) is 30.4 Å². The number of rotatable bonds is 10. The van der Waals surface area contributed by atoms with E-state index in [1.807, 2.05) is 31.2 Å². The number of hydrogen-bond acceptors (Lipinski definition) is 6. The minimum Gasteiger partial charge on any atom is -0.486 e. The van der Waals surface area contributed by atoms with Gasteiger partial charge >= 0.3 is 0 Å². The van der Waals surface area contributed by atoms with Gasteiger partial charge in [-0.05, 0) is 38.0 Å². The number of amides is 2. The maximum absolute atomic E-state index is 13.2. The highest BCUT2D eigenvalue weighted by molar-refractivity contribution is 7.92. The van der Waals surface area contributed by atoms with Gasteiger partial charge in [-0.25, -0.2) is 8.42 Å². The average molecular weight is 504 g/mol. The second kappa shape index (κ2) is 11.4. The van der Waals surface area contributed by atoms with Crippen molar-refractivity contribution in [2.24, 2.45) is 0 Å². The Labute approximate surface area is 207 Å². The number of fused-ring (bicyclic) bond motifs is 1. The zero-order chi connectivity index (χ0) is 25.6. The molecule has 1 N–H and O–H groups in total. The lowest BCUT2D eigenvalue weighted by Gasteiger charge is -2.29. The Morgan fingerprint density at radius 1 is 1.09 bits per heavy atom. The molecule has 2 amide bonds. The zero-order valence-corrected chi connectivity index (χ0v) is 21.4. The van der Waals surface area contributed by atoms with Crippen LogP contribution in [0.15, 0.2) is 42.5 Å². The fourth-order valence-corrected chi connectivity index (χ4v) is 4.95. The van der Waals surface area contributed by atoms with E-state index < -0.39 is 16.1 Å². The first kappa shape index (κ1) is 26.3. The largest absolute Gasteiger partial charge is 0.486 e. The summed E-state index contributed by atoms with van der Waals surface area (Å²) in [6.45, 7) is 4.88. The molecular formula is C25H33N3O6S. The van der Waals surface area contributed by atoms with Gasteiger partial charge in [0.15, 0.2) is 11.5 Å². The van der Waals surface area contributed by atoms with Crippen molar-refractivity contribution in [1.29, 1.82) is 0 Å². The molecule has 3 rings (SSSR count). The first-order valence-electron chi connectivity index (χ1n) is 11.5. The maximum atomic E-state index is 13.2. The van der Waals surface area contributed by atoms with Gasteiger partial charge in [0.1, 0.15) is 19.3 Å². The molecule has 2 aromatic carbocycles. The van der Waals surface area contributed by atoms with Crippen LogP contribution in [-0.4, -0.2) is 64.2 Å². The standard InChI is InChI=1S/C25H33N3O6S/c1-18-7-5-8-20(15-18)17-27(19(2)25(30)26-3)24(29)9-6-12-28(35(4,31)32)21-10-11-22-23(16-21)34-14-13-33-22/h5,7-8,10-11,15-16,19H,6,9,12-14,17H2,1-4H3,(H,26,30)/t19-/m1/s1. The zero-order valence-electron chi connectivity index (χ0n) is 20.6. The molecule has 0 radical (unpaired) electrons. The fraction of sp³-hybridized carbons (Fsp3) is 0.440. The molecule has 0 bridgehead atoms. The van der Waals surface area contributed by atoms with E-state index in [9.17, 15) is 18.0 Å². The van der Waals surface area contributed by atoms with Gasteiger partial charge < -0.3 is 19.7 Å². The van der Waals surface area contributed by atoms with Crippen molar-refractivity contribution in [3.63, 3.8) is 0 Å². The molecule has 0 spiro atoms. The Balaban J connectivity index is 1.72. The summed E-state index contributed by atoms with van der Waals surface area (Å²) < 4.78 is 37.4. The van der Waals surface area contributed by atoms with Crippen LogP contribution >= 0.6 is 0 Å². The average Bonchev–Trinajstić information content (AvgIpc) is 2.83. The van der Waals surface area contributed by atoms with Crippen LogP contribution in [0.2, 0.25) is 0 Å². The van der Waals surface area contributed by atoms with E-state index >= 15 is 0 Å². The molecule has 10 heteroatoms. The van der Waals surface area contributed by atoms with E-state index in [4.69, 9.17) is 9.47 Å². The lowest BCUT2D eigenvalue weighted by molar-refractivity contribution is -0.140. The lowest BCUT2D eigenvalue weighted by atomic mass is 10.1. The van der Waals surface area contributed by atoms with Gasteiger partial charge in [0.2, 0.25) is 21.8 Å². The molecule has 0 unspecified atom stereocenters. The van der Waals surface area contributed by atoms with Crippen LogP contribution in [-0.2, 0) is 26.2 Å². The number of nitrogens with zero attached hydrogens (tertiary/aromatic N) is 2. The van der Waals surface area contributed by atoms with Crippen LogP contribution in [0.5, 0.6) is 11.5 Å². The molecule has 0 aromatic heterocycles. The summed E-state index contributed by atoms with van der Waals surface area (Å²) in [5.41, 5.74) is 2.42. The number of benzene rings is 2. The molecule has 35 heavy (non-hydrogen) atoms. The number of carbonyl (C=O) groups is 2. The third-order valence-electron chi connectivity index (χ3n) is 5.82. The van der Waals surface area contributed by atoms with Crippen LogP contribution in [0.25, 0.3) is 0 Å². The Morgan fingerprint density at radius 3 is 2.46 bits per heavy atom. The molecule has 0 aliphatic carbocycles. The summed E-state index contributed by atoms with van der Waals surface area (Å²) in [6.07, 6.45) is 1.50. The molecule has 0 saturated heterocycles. The maximum Gasteiger partial charge on any atom is 0.242 e. The fourth-order valence-electron chi connectivity index (χ4n) is 3.99. The minimum atomic E-state index is -3.60. The summed E-state index contributed by atoms with van der Waals surface area (Å²) >= 11 is 0. The van der Waals surface area contributed by atoms with Crippen molar-refractivity contribution >= 4 is 27.5 Å². The quantitative estimate of drug-likeness (QED) is 0.534. The monoisotopic (exact) mass is 503 g/mol. The van der Waals surface area contributed by atoms with Crippen LogP contribution in [0, 0.1) is 6.92 Å². The van der Waals surface area contributed by atoms with E-state index in [0.717, 1.165) is 17.4 Å². The number of hydrogen-bond donors (Lipinski definition) is 1. The highest BCUT2D eigenvalue weighted by Crippen LogP contribution is 2.34. The smallest absolute Gasteiger partial charge is 0.242 e. The van der Waals surface area contributed by atoms with Crippen molar-refractivity contribution in [1.82, 2.24) is 10.2 Å². The topological polar surface area (TPSA) is 105 Å². The second-order valence-corrected chi connectivity index (χ2v) is 10.5. The molecule has 1 atom stereocenters. The van der Waals surface area contributed by atoms with Crippen molar-refractivity contribution in [3.8, 4) is 11.5 Å². The summed E-state index contributed by atoms with van der Waals surface area (Å²) in [4.78, 5) is 27.0. The van der Waals surface area contributed by atoms with Gasteiger partial charge in [-0.1, -0.05) is 29.8 Å². The Kier molecular flexibility index (Phi) is 8.61.